The van der Waals surface area contributed by atoms with E-state index < -0.39 is 5.97 Å². The molecule has 2 rings (SSSR count). The lowest BCUT2D eigenvalue weighted by molar-refractivity contribution is -0.136. The van der Waals surface area contributed by atoms with Crippen LogP contribution in [-0.4, -0.2) is 25.5 Å². The highest BCUT2D eigenvalue weighted by Gasteiger charge is 2.08. The van der Waals surface area contributed by atoms with Crippen molar-refractivity contribution in [3.63, 3.8) is 0 Å². The van der Waals surface area contributed by atoms with Crippen molar-refractivity contribution in [1.29, 1.82) is 0 Å². The molecule has 1 aliphatic carbocycles. The van der Waals surface area contributed by atoms with Gasteiger partial charge in [0.15, 0.2) is 12.4 Å². The Labute approximate surface area is 129 Å². The molecule has 0 saturated heterocycles. The molecular weight excluding hydrogens is 280 g/mol. The minimum atomic E-state index is -0.522. The number of rotatable bonds is 6. The summed E-state index contributed by atoms with van der Waals surface area (Å²) >= 11 is 0. The van der Waals surface area contributed by atoms with Crippen LogP contribution in [0.4, 0.5) is 0 Å². The maximum atomic E-state index is 11.8. The zero-order valence-corrected chi connectivity index (χ0v) is 12.5. The molecule has 0 heterocycles. The normalized spacial score (nSPS) is 14.2. The lowest BCUT2D eigenvalue weighted by atomic mass is 10.0. The van der Waals surface area contributed by atoms with E-state index in [0.29, 0.717) is 5.56 Å². The van der Waals surface area contributed by atoms with Crippen LogP contribution in [-0.2, 0) is 14.3 Å². The Morgan fingerprint density at radius 1 is 1.14 bits per heavy atom. The van der Waals surface area contributed by atoms with Crippen molar-refractivity contribution in [1.82, 2.24) is 0 Å². The molecule has 0 saturated carbocycles. The molecule has 22 heavy (non-hydrogen) atoms. The summed E-state index contributed by atoms with van der Waals surface area (Å²) in [6.45, 7) is -0.250. The highest BCUT2D eigenvalue weighted by molar-refractivity contribution is 5.98. The lowest BCUT2D eigenvalue weighted by Crippen LogP contribution is -2.12. The average Bonchev–Trinajstić information content (AvgIpc) is 2.59. The number of allylic oxidation sites excluding steroid dienone is 5. The number of ether oxygens (including phenoxy) is 2. The fourth-order valence-electron chi connectivity index (χ4n) is 2.01. The van der Waals surface area contributed by atoms with Gasteiger partial charge in [0.25, 0.3) is 0 Å². The van der Waals surface area contributed by atoms with Crippen molar-refractivity contribution in [2.75, 3.05) is 13.7 Å². The van der Waals surface area contributed by atoms with Gasteiger partial charge in [-0.05, 0) is 18.1 Å². The van der Waals surface area contributed by atoms with Crippen molar-refractivity contribution in [2.45, 2.75) is 12.8 Å². The van der Waals surface area contributed by atoms with E-state index in [-0.39, 0.29) is 12.4 Å². The summed E-state index contributed by atoms with van der Waals surface area (Å²) in [5.41, 5.74) is 1.55. The zero-order chi connectivity index (χ0) is 15.8. The molecule has 0 radical (unpaired) electrons. The summed E-state index contributed by atoms with van der Waals surface area (Å²) in [7, 11) is 1.64. The molecule has 1 aromatic rings. The minimum absolute atomic E-state index is 0.216. The number of benzene rings is 1. The summed E-state index contributed by atoms with van der Waals surface area (Å²) < 4.78 is 10.1. The summed E-state index contributed by atoms with van der Waals surface area (Å²) in [5.74, 6) is 0.187. The Kier molecular flexibility index (Phi) is 5.72. The predicted octanol–water partition coefficient (Wildman–Crippen LogP) is 3.22. The number of Topliss-reactive ketones (excluding diaryl/α,β-unsaturated/α-hetero) is 1. The average molecular weight is 298 g/mol. The van der Waals surface area contributed by atoms with Crippen LogP contribution in [0.1, 0.15) is 23.2 Å². The SMILES string of the molecule is COC1=CC=C(/C=C/C(=O)OCC(=O)c2ccccc2)CC1. The van der Waals surface area contributed by atoms with E-state index in [0.717, 1.165) is 24.2 Å². The molecule has 1 aromatic carbocycles. The predicted molar refractivity (Wildman–Crippen MR) is 83.3 cm³/mol. The molecule has 1 aliphatic rings. The maximum absolute atomic E-state index is 11.8. The third-order valence-corrected chi connectivity index (χ3v) is 3.28. The Hall–Kier alpha value is -2.62. The molecule has 0 bridgehead atoms. The van der Waals surface area contributed by atoms with E-state index >= 15 is 0 Å². The van der Waals surface area contributed by atoms with Gasteiger partial charge < -0.3 is 9.47 Å². The number of hydrogen-bond donors (Lipinski definition) is 0. The maximum Gasteiger partial charge on any atom is 0.331 e. The number of carbonyl (C=O) groups is 2. The molecule has 0 aromatic heterocycles. The van der Waals surface area contributed by atoms with Crippen LogP contribution in [0.25, 0.3) is 0 Å². The fourth-order valence-corrected chi connectivity index (χ4v) is 2.01. The largest absolute Gasteiger partial charge is 0.501 e. The molecule has 114 valence electrons. The van der Waals surface area contributed by atoms with E-state index in [1.165, 1.54) is 6.08 Å². The Morgan fingerprint density at radius 2 is 1.91 bits per heavy atom. The Balaban J connectivity index is 1.81. The van der Waals surface area contributed by atoms with Crippen LogP contribution in [0.3, 0.4) is 0 Å². The summed E-state index contributed by atoms with van der Waals surface area (Å²) in [6.07, 6.45) is 8.46. The highest BCUT2D eigenvalue weighted by Crippen LogP contribution is 2.19. The van der Waals surface area contributed by atoms with Crippen LogP contribution in [0.15, 0.2) is 66.0 Å². The van der Waals surface area contributed by atoms with Gasteiger partial charge in [0.1, 0.15) is 0 Å². The van der Waals surface area contributed by atoms with E-state index in [2.05, 4.69) is 0 Å². The van der Waals surface area contributed by atoms with Crippen molar-refractivity contribution in [3.05, 3.63) is 71.5 Å². The molecule has 0 unspecified atom stereocenters. The van der Waals surface area contributed by atoms with Crippen LogP contribution >= 0.6 is 0 Å². The third-order valence-electron chi connectivity index (χ3n) is 3.28. The molecule has 4 heteroatoms. The topological polar surface area (TPSA) is 52.6 Å². The molecule has 0 aliphatic heterocycles. The van der Waals surface area contributed by atoms with Crippen LogP contribution in [0.5, 0.6) is 0 Å². The van der Waals surface area contributed by atoms with Crippen molar-refractivity contribution < 1.29 is 19.1 Å². The highest BCUT2D eigenvalue weighted by atomic mass is 16.5. The zero-order valence-electron chi connectivity index (χ0n) is 12.5. The molecule has 0 atom stereocenters. The number of hydrogen-bond acceptors (Lipinski definition) is 4. The van der Waals surface area contributed by atoms with E-state index in [1.807, 2.05) is 18.2 Å². The van der Waals surface area contributed by atoms with Gasteiger partial charge in [-0.25, -0.2) is 4.79 Å². The molecule has 4 nitrogen and oxygen atoms in total. The van der Waals surface area contributed by atoms with Crippen molar-refractivity contribution >= 4 is 11.8 Å². The first kappa shape index (κ1) is 15.8. The first-order valence-corrected chi connectivity index (χ1v) is 7.06. The minimum Gasteiger partial charge on any atom is -0.501 e. The number of carbonyl (C=O) groups excluding carboxylic acids is 2. The summed E-state index contributed by atoms with van der Waals surface area (Å²) in [6, 6.07) is 8.75. The van der Waals surface area contributed by atoms with Crippen molar-refractivity contribution in [3.8, 4) is 0 Å². The standard InChI is InChI=1S/C18H18O4/c1-21-16-10-7-14(8-11-16)9-12-18(20)22-13-17(19)15-5-3-2-4-6-15/h2-7,9-10,12H,8,11,13H2,1H3/b12-9+. The van der Waals surface area contributed by atoms with Gasteiger partial charge in [0, 0.05) is 18.1 Å². The number of esters is 1. The quantitative estimate of drug-likeness (QED) is 0.460. The third kappa shape index (κ3) is 4.74. The Bertz CT molecular complexity index is 624. The van der Waals surface area contributed by atoms with E-state index in [1.54, 1.807) is 37.5 Å². The van der Waals surface area contributed by atoms with Gasteiger partial charge in [-0.2, -0.15) is 0 Å². The van der Waals surface area contributed by atoms with Gasteiger partial charge in [0.2, 0.25) is 0 Å². The van der Waals surface area contributed by atoms with Gasteiger partial charge in [-0.15, -0.1) is 0 Å². The molecule has 0 N–H and O–H groups in total. The molecule has 0 amide bonds. The smallest absolute Gasteiger partial charge is 0.331 e. The number of ketones is 1. The monoisotopic (exact) mass is 298 g/mol. The first-order valence-electron chi connectivity index (χ1n) is 7.06. The molecule has 0 fully saturated rings. The lowest BCUT2D eigenvalue weighted by Gasteiger charge is -2.10. The van der Waals surface area contributed by atoms with Crippen LogP contribution in [0.2, 0.25) is 0 Å². The van der Waals surface area contributed by atoms with Crippen molar-refractivity contribution in [2.24, 2.45) is 0 Å². The van der Waals surface area contributed by atoms with Gasteiger partial charge in [-0.3, -0.25) is 4.79 Å². The van der Waals surface area contributed by atoms with Gasteiger partial charge in [0.05, 0.1) is 12.9 Å². The number of methoxy groups -OCH3 is 1. The second-order valence-corrected chi connectivity index (χ2v) is 4.81. The Morgan fingerprint density at radius 3 is 2.55 bits per heavy atom. The summed E-state index contributed by atoms with van der Waals surface area (Å²) in [4.78, 5) is 23.4. The fraction of sp³-hybridized carbons (Fsp3) is 0.222. The van der Waals surface area contributed by atoms with Crippen LogP contribution in [0, 0.1) is 0 Å². The van der Waals surface area contributed by atoms with Gasteiger partial charge in [-0.1, -0.05) is 42.5 Å². The second kappa shape index (κ2) is 7.98. The van der Waals surface area contributed by atoms with Gasteiger partial charge >= 0.3 is 5.97 Å². The molecule has 0 spiro atoms. The first-order chi connectivity index (χ1) is 10.7. The summed E-state index contributed by atoms with van der Waals surface area (Å²) in [5, 5.41) is 0. The van der Waals surface area contributed by atoms with E-state index in [4.69, 9.17) is 9.47 Å². The van der Waals surface area contributed by atoms with E-state index in [9.17, 15) is 9.59 Å². The van der Waals surface area contributed by atoms with Crippen LogP contribution < -0.4 is 0 Å². The second-order valence-electron chi connectivity index (χ2n) is 4.81. The molecular formula is C18H18O4.